The van der Waals surface area contributed by atoms with Gasteiger partial charge in [-0.3, -0.25) is 0 Å². The Morgan fingerprint density at radius 3 is 2.50 bits per heavy atom. The van der Waals surface area contributed by atoms with E-state index in [0.717, 1.165) is 25.0 Å². The van der Waals surface area contributed by atoms with E-state index in [1.807, 2.05) is 0 Å². The lowest BCUT2D eigenvalue weighted by molar-refractivity contribution is -0.137. The maximum absolute atomic E-state index is 12.7. The van der Waals surface area contributed by atoms with E-state index in [1.54, 1.807) is 36.3 Å². The zero-order chi connectivity index (χ0) is 22.7. The molecule has 0 saturated carbocycles. The van der Waals surface area contributed by atoms with Crippen LogP contribution in [0.4, 0.5) is 23.7 Å². The van der Waals surface area contributed by atoms with Crippen LogP contribution in [-0.2, 0) is 6.18 Å². The molecule has 1 saturated heterocycles. The highest BCUT2D eigenvalue weighted by Gasteiger charge is 2.31. The molecule has 1 N–H and O–H groups in total. The summed E-state index contributed by atoms with van der Waals surface area (Å²) < 4.78 is 49.1. The first-order valence-electron chi connectivity index (χ1n) is 10.0. The van der Waals surface area contributed by atoms with E-state index in [0.29, 0.717) is 36.0 Å². The van der Waals surface area contributed by atoms with E-state index in [-0.39, 0.29) is 17.8 Å². The molecule has 4 rings (SSSR count). The average molecular weight is 446 g/mol. The number of aromatic nitrogens is 2. The largest absolute Gasteiger partial charge is 0.497 e. The van der Waals surface area contributed by atoms with Crippen LogP contribution >= 0.6 is 0 Å². The van der Waals surface area contributed by atoms with Gasteiger partial charge in [0, 0.05) is 24.3 Å². The third-order valence-electron chi connectivity index (χ3n) is 5.30. The lowest BCUT2D eigenvalue weighted by Gasteiger charge is -2.31. The van der Waals surface area contributed by atoms with E-state index in [1.165, 1.54) is 12.1 Å². The molecule has 1 aliphatic heterocycles. The number of hydrogen-bond donors (Lipinski definition) is 1. The Morgan fingerprint density at radius 1 is 1.12 bits per heavy atom. The van der Waals surface area contributed by atoms with Crippen LogP contribution in [0.2, 0.25) is 0 Å². The number of rotatable bonds is 4. The Hall–Kier alpha value is -3.56. The first-order chi connectivity index (χ1) is 15.3. The second-order valence-corrected chi connectivity index (χ2v) is 7.46. The van der Waals surface area contributed by atoms with Crippen molar-refractivity contribution in [2.24, 2.45) is 0 Å². The number of alkyl halides is 3. The summed E-state index contributed by atoms with van der Waals surface area (Å²) in [7, 11) is 1.57. The highest BCUT2D eigenvalue weighted by Crippen LogP contribution is 2.32. The summed E-state index contributed by atoms with van der Waals surface area (Å²) in [5, 5.41) is 10.9. The fraction of sp³-hybridized carbons (Fsp3) is 0.318. The van der Waals surface area contributed by atoms with Gasteiger partial charge < -0.3 is 19.4 Å². The molecule has 0 radical (unpaired) electrons. The van der Waals surface area contributed by atoms with Gasteiger partial charge in [0.05, 0.1) is 18.6 Å². The number of likely N-dealkylation sites (tertiary alicyclic amines) is 1. The SMILES string of the molecule is COc1ccc(NC(=O)N2CCCC(c3nnc(-c4ccc(C(F)(F)F)cc4)o3)C2)cc1. The highest BCUT2D eigenvalue weighted by atomic mass is 19.4. The van der Waals surface area contributed by atoms with Crippen molar-refractivity contribution >= 4 is 11.7 Å². The normalized spacial score (nSPS) is 16.6. The van der Waals surface area contributed by atoms with E-state index in [9.17, 15) is 18.0 Å². The zero-order valence-corrected chi connectivity index (χ0v) is 17.2. The molecule has 168 valence electrons. The topological polar surface area (TPSA) is 80.5 Å². The second-order valence-electron chi connectivity index (χ2n) is 7.46. The number of nitrogens with one attached hydrogen (secondary N) is 1. The first kappa shape index (κ1) is 21.7. The number of halogens is 3. The Kier molecular flexibility index (Phi) is 6.02. The van der Waals surface area contributed by atoms with Crippen molar-refractivity contribution in [2.75, 3.05) is 25.5 Å². The van der Waals surface area contributed by atoms with E-state index < -0.39 is 11.7 Å². The van der Waals surface area contributed by atoms with Crippen molar-refractivity contribution in [3.05, 3.63) is 60.0 Å². The predicted octanol–water partition coefficient (Wildman–Crippen LogP) is 5.18. The Bertz CT molecular complexity index is 1070. The van der Waals surface area contributed by atoms with Crippen LogP contribution in [0.3, 0.4) is 0 Å². The molecule has 7 nitrogen and oxygen atoms in total. The van der Waals surface area contributed by atoms with E-state index >= 15 is 0 Å². The van der Waals surface area contributed by atoms with Crippen molar-refractivity contribution in [1.29, 1.82) is 0 Å². The summed E-state index contributed by atoms with van der Waals surface area (Å²) >= 11 is 0. The number of ether oxygens (including phenoxy) is 1. The summed E-state index contributed by atoms with van der Waals surface area (Å²) in [5.74, 6) is 1.05. The van der Waals surface area contributed by atoms with Crippen molar-refractivity contribution < 1.29 is 27.1 Å². The number of anilines is 1. The van der Waals surface area contributed by atoms with Gasteiger partial charge in [-0.2, -0.15) is 13.2 Å². The van der Waals surface area contributed by atoms with Crippen molar-refractivity contribution in [2.45, 2.75) is 24.9 Å². The lowest BCUT2D eigenvalue weighted by atomic mass is 9.98. The number of carbonyl (C=O) groups is 1. The molecule has 0 bridgehead atoms. The number of hydrogen-bond acceptors (Lipinski definition) is 5. The van der Waals surface area contributed by atoms with Gasteiger partial charge in [-0.15, -0.1) is 10.2 Å². The summed E-state index contributed by atoms with van der Waals surface area (Å²) in [5.41, 5.74) is 0.314. The van der Waals surface area contributed by atoms with Gasteiger partial charge in [-0.05, 0) is 61.4 Å². The van der Waals surface area contributed by atoms with E-state index in [4.69, 9.17) is 9.15 Å². The number of amides is 2. The first-order valence-corrected chi connectivity index (χ1v) is 10.0. The quantitative estimate of drug-likeness (QED) is 0.598. The average Bonchev–Trinajstić information content (AvgIpc) is 3.30. The van der Waals surface area contributed by atoms with Crippen LogP contribution in [0, 0.1) is 0 Å². The molecule has 2 amide bonds. The standard InChI is InChI=1S/C22H21F3N4O3/c1-31-18-10-8-17(9-11-18)26-21(30)29-12-2-3-15(13-29)20-28-27-19(32-20)14-4-6-16(7-5-14)22(23,24)25/h4-11,15H,2-3,12-13H2,1H3,(H,26,30). The number of carbonyl (C=O) groups excluding carboxylic acids is 1. The number of piperidine rings is 1. The summed E-state index contributed by atoms with van der Waals surface area (Å²) in [6, 6.07) is 11.4. The summed E-state index contributed by atoms with van der Waals surface area (Å²) in [4.78, 5) is 14.3. The number of urea groups is 1. The Morgan fingerprint density at radius 2 is 1.84 bits per heavy atom. The van der Waals surface area contributed by atoms with Gasteiger partial charge in [-0.1, -0.05) is 0 Å². The molecule has 0 aliphatic carbocycles. The van der Waals surface area contributed by atoms with Crippen LogP contribution in [0.1, 0.15) is 30.2 Å². The molecule has 0 spiro atoms. The third-order valence-corrected chi connectivity index (χ3v) is 5.30. The van der Waals surface area contributed by atoms with Gasteiger partial charge in [0.1, 0.15) is 5.75 Å². The molecule has 1 fully saturated rings. The second kappa shape index (κ2) is 8.89. The number of benzene rings is 2. The lowest BCUT2D eigenvalue weighted by Crippen LogP contribution is -2.41. The Balaban J connectivity index is 1.41. The van der Waals surface area contributed by atoms with Crippen molar-refractivity contribution in [3.8, 4) is 17.2 Å². The fourth-order valence-electron chi connectivity index (χ4n) is 3.56. The minimum Gasteiger partial charge on any atom is -0.497 e. The highest BCUT2D eigenvalue weighted by molar-refractivity contribution is 5.89. The summed E-state index contributed by atoms with van der Waals surface area (Å²) in [6.45, 7) is 0.995. The van der Waals surface area contributed by atoms with Gasteiger partial charge in [0.25, 0.3) is 0 Å². The molecule has 2 heterocycles. The number of nitrogens with zero attached hydrogens (tertiary/aromatic N) is 3. The molecule has 1 aromatic heterocycles. The summed E-state index contributed by atoms with van der Waals surface area (Å²) in [6.07, 6.45) is -2.88. The van der Waals surface area contributed by atoms with Crippen LogP contribution in [0.5, 0.6) is 5.75 Å². The van der Waals surface area contributed by atoms with Crippen LogP contribution in [-0.4, -0.2) is 41.3 Å². The molecule has 32 heavy (non-hydrogen) atoms. The zero-order valence-electron chi connectivity index (χ0n) is 17.2. The number of methoxy groups -OCH3 is 1. The van der Waals surface area contributed by atoms with Gasteiger partial charge >= 0.3 is 12.2 Å². The predicted molar refractivity (Wildman–Crippen MR) is 110 cm³/mol. The van der Waals surface area contributed by atoms with E-state index in [2.05, 4.69) is 15.5 Å². The molecule has 1 atom stereocenters. The van der Waals surface area contributed by atoms with Gasteiger partial charge in [-0.25, -0.2) is 4.79 Å². The molecule has 1 unspecified atom stereocenters. The molecule has 10 heteroatoms. The fourth-order valence-corrected chi connectivity index (χ4v) is 3.56. The Labute approximate surface area is 182 Å². The van der Waals surface area contributed by atoms with Crippen LogP contribution in [0.25, 0.3) is 11.5 Å². The minimum atomic E-state index is -4.41. The van der Waals surface area contributed by atoms with Crippen LogP contribution in [0.15, 0.2) is 52.9 Å². The maximum atomic E-state index is 12.7. The van der Waals surface area contributed by atoms with Gasteiger partial charge in [0.2, 0.25) is 11.8 Å². The molecular weight excluding hydrogens is 425 g/mol. The monoisotopic (exact) mass is 446 g/mol. The molecule has 2 aromatic carbocycles. The smallest absolute Gasteiger partial charge is 0.416 e. The molecule has 3 aromatic rings. The maximum Gasteiger partial charge on any atom is 0.416 e. The van der Waals surface area contributed by atoms with Crippen molar-refractivity contribution in [1.82, 2.24) is 15.1 Å². The van der Waals surface area contributed by atoms with Crippen molar-refractivity contribution in [3.63, 3.8) is 0 Å². The van der Waals surface area contributed by atoms with Gasteiger partial charge in [0.15, 0.2) is 0 Å². The van der Waals surface area contributed by atoms with Crippen LogP contribution < -0.4 is 10.1 Å². The molecule has 1 aliphatic rings. The molecular formula is C22H21F3N4O3. The third kappa shape index (κ3) is 4.84. The minimum absolute atomic E-state index is 0.147.